The summed E-state index contributed by atoms with van der Waals surface area (Å²) in [5.41, 5.74) is 0.253. The molecule has 1 N–H and O–H groups in total. The third-order valence-corrected chi connectivity index (χ3v) is 12.1. The molecular weight excluding hydrogens is 418 g/mol. The maximum atomic E-state index is 12.1. The molecule has 0 amide bonds. The van der Waals surface area contributed by atoms with Crippen LogP contribution in [0.4, 0.5) is 5.82 Å². The predicted octanol–water partition coefficient (Wildman–Crippen LogP) is 5.76. The van der Waals surface area contributed by atoms with Crippen LogP contribution in [0.15, 0.2) is 24.4 Å². The van der Waals surface area contributed by atoms with Crippen LogP contribution in [0.3, 0.4) is 0 Å². The molecule has 1 aromatic rings. The van der Waals surface area contributed by atoms with Gasteiger partial charge in [-0.05, 0) is 104 Å². The van der Waals surface area contributed by atoms with Gasteiger partial charge in [-0.2, -0.15) is 0 Å². The summed E-state index contributed by atoms with van der Waals surface area (Å²) < 4.78 is 0. The van der Waals surface area contributed by atoms with Gasteiger partial charge in [-0.1, -0.05) is 32.8 Å². The zero-order chi connectivity index (χ0) is 23.4. The first-order valence-electron chi connectivity index (χ1n) is 14.5. The molecule has 1 aromatic heterocycles. The minimum Gasteiger partial charge on any atom is -0.389 e. The maximum absolute atomic E-state index is 12.1. The second-order valence-corrected chi connectivity index (χ2v) is 13.2. The van der Waals surface area contributed by atoms with E-state index < -0.39 is 5.60 Å². The summed E-state index contributed by atoms with van der Waals surface area (Å²) >= 11 is 0. The summed E-state index contributed by atoms with van der Waals surface area (Å²) in [6, 6.07) is 6.19. The fourth-order valence-electron chi connectivity index (χ4n) is 9.90. The predicted molar refractivity (Wildman–Crippen MR) is 139 cm³/mol. The van der Waals surface area contributed by atoms with Gasteiger partial charge in [0.1, 0.15) is 5.82 Å². The third kappa shape index (κ3) is 3.65. The number of aliphatic hydroxyl groups is 1. The Labute approximate surface area is 207 Å². The summed E-state index contributed by atoms with van der Waals surface area (Å²) in [6.07, 6.45) is 16.6. The van der Waals surface area contributed by atoms with Crippen molar-refractivity contribution in [2.45, 2.75) is 90.1 Å². The number of nitrogens with zero attached hydrogens (tertiary/aromatic N) is 3. The fourth-order valence-corrected chi connectivity index (χ4v) is 9.90. The minimum atomic E-state index is -0.467. The first kappa shape index (κ1) is 23.3. The Balaban J connectivity index is 1.09. The summed E-state index contributed by atoms with van der Waals surface area (Å²) in [4.78, 5) is 9.53. The van der Waals surface area contributed by atoms with Crippen LogP contribution in [-0.2, 0) is 0 Å². The van der Waals surface area contributed by atoms with Gasteiger partial charge in [0.05, 0.1) is 5.60 Å². The number of hydrogen-bond donors (Lipinski definition) is 1. The number of pyridine rings is 1. The van der Waals surface area contributed by atoms with Crippen molar-refractivity contribution in [1.29, 1.82) is 0 Å². The molecule has 4 heteroatoms. The number of anilines is 1. The summed E-state index contributed by atoms with van der Waals surface area (Å²) in [7, 11) is 0. The lowest BCUT2D eigenvalue weighted by Gasteiger charge is -2.61. The van der Waals surface area contributed by atoms with Gasteiger partial charge in [0.25, 0.3) is 0 Å². The highest BCUT2D eigenvalue weighted by Gasteiger charge is 2.64. The highest BCUT2D eigenvalue weighted by Crippen LogP contribution is 2.68. The van der Waals surface area contributed by atoms with Crippen LogP contribution in [0.25, 0.3) is 0 Å². The largest absolute Gasteiger partial charge is 0.389 e. The van der Waals surface area contributed by atoms with E-state index in [0.29, 0.717) is 5.41 Å². The van der Waals surface area contributed by atoms with E-state index in [0.717, 1.165) is 75.1 Å². The van der Waals surface area contributed by atoms with E-state index in [2.05, 4.69) is 40.8 Å². The van der Waals surface area contributed by atoms with Crippen LogP contribution in [0.1, 0.15) is 84.5 Å². The van der Waals surface area contributed by atoms with Gasteiger partial charge < -0.3 is 10.0 Å². The van der Waals surface area contributed by atoms with E-state index in [1.807, 2.05) is 12.3 Å². The molecule has 0 aromatic carbocycles. The Kier molecular flexibility index (Phi) is 6.00. The smallest absolute Gasteiger partial charge is 0.128 e. The summed E-state index contributed by atoms with van der Waals surface area (Å²) in [5, 5.41) is 12.1. The molecule has 4 aliphatic carbocycles. The number of aromatic nitrogens is 1. The third-order valence-electron chi connectivity index (χ3n) is 12.1. The molecule has 7 atom stereocenters. The van der Waals surface area contributed by atoms with Crippen molar-refractivity contribution in [3.8, 4) is 0 Å². The average Bonchev–Trinajstić information content (AvgIpc) is 3.14. The van der Waals surface area contributed by atoms with Gasteiger partial charge in [-0.3, -0.25) is 4.90 Å². The monoisotopic (exact) mass is 465 g/mol. The van der Waals surface area contributed by atoms with E-state index in [1.54, 1.807) is 0 Å². The van der Waals surface area contributed by atoms with Gasteiger partial charge in [-0.15, -0.1) is 0 Å². The van der Waals surface area contributed by atoms with Crippen molar-refractivity contribution in [3.63, 3.8) is 0 Å². The van der Waals surface area contributed by atoms with Crippen LogP contribution in [0.2, 0.25) is 0 Å². The first-order valence-corrected chi connectivity index (χ1v) is 14.5. The molecule has 34 heavy (non-hydrogen) atoms. The van der Waals surface area contributed by atoms with Crippen molar-refractivity contribution in [3.05, 3.63) is 24.4 Å². The van der Waals surface area contributed by atoms with E-state index in [4.69, 9.17) is 0 Å². The number of hydrogen-bond acceptors (Lipinski definition) is 4. The molecule has 188 valence electrons. The van der Waals surface area contributed by atoms with Gasteiger partial charge in [0, 0.05) is 38.9 Å². The molecule has 0 spiro atoms. The Morgan fingerprint density at radius 1 is 0.912 bits per heavy atom. The zero-order valence-electron chi connectivity index (χ0n) is 21.7. The van der Waals surface area contributed by atoms with Crippen molar-refractivity contribution in [2.24, 2.45) is 34.5 Å². The van der Waals surface area contributed by atoms with Crippen molar-refractivity contribution >= 4 is 5.82 Å². The lowest BCUT2D eigenvalue weighted by atomic mass is 9.44. The van der Waals surface area contributed by atoms with Gasteiger partial charge in [-0.25, -0.2) is 4.98 Å². The van der Waals surface area contributed by atoms with Crippen LogP contribution in [0, 0.1) is 34.5 Å². The topological polar surface area (TPSA) is 39.6 Å². The van der Waals surface area contributed by atoms with E-state index >= 15 is 0 Å². The van der Waals surface area contributed by atoms with Gasteiger partial charge in [0.15, 0.2) is 0 Å². The molecule has 1 saturated heterocycles. The average molecular weight is 466 g/mol. The van der Waals surface area contributed by atoms with Gasteiger partial charge >= 0.3 is 0 Å². The van der Waals surface area contributed by atoms with Gasteiger partial charge in [0.2, 0.25) is 0 Å². The lowest BCUT2D eigenvalue weighted by Crippen LogP contribution is -2.57. The number of fused-ring (bicyclic) bond motifs is 5. The second-order valence-electron chi connectivity index (χ2n) is 13.2. The molecule has 1 aliphatic heterocycles. The Morgan fingerprint density at radius 3 is 2.53 bits per heavy atom. The quantitative estimate of drug-likeness (QED) is 0.614. The molecule has 4 saturated carbocycles. The van der Waals surface area contributed by atoms with Crippen LogP contribution < -0.4 is 4.90 Å². The van der Waals surface area contributed by atoms with Crippen LogP contribution in [0.5, 0.6) is 0 Å². The second kappa shape index (κ2) is 8.76. The van der Waals surface area contributed by atoms with E-state index in [-0.39, 0.29) is 5.41 Å². The molecular formula is C30H47N3O. The van der Waals surface area contributed by atoms with Crippen LogP contribution >= 0.6 is 0 Å². The Bertz CT molecular complexity index is 854. The first-order chi connectivity index (χ1) is 16.4. The summed E-state index contributed by atoms with van der Waals surface area (Å²) in [6.45, 7) is 10.5. The van der Waals surface area contributed by atoms with Crippen molar-refractivity contribution < 1.29 is 5.11 Å². The minimum absolute atomic E-state index is 0.127. The number of rotatable bonds is 4. The van der Waals surface area contributed by atoms with Crippen molar-refractivity contribution in [2.75, 3.05) is 37.6 Å². The molecule has 2 heterocycles. The Morgan fingerprint density at radius 2 is 1.74 bits per heavy atom. The molecule has 5 aliphatic rings. The maximum Gasteiger partial charge on any atom is 0.128 e. The Hall–Kier alpha value is -1.13. The molecule has 6 rings (SSSR count). The van der Waals surface area contributed by atoms with E-state index in [1.165, 1.54) is 57.8 Å². The molecule has 5 fully saturated rings. The molecule has 0 radical (unpaired) electrons. The highest BCUT2D eigenvalue weighted by atomic mass is 16.3. The fraction of sp³-hybridized carbons (Fsp3) is 0.833. The molecule has 0 bridgehead atoms. The van der Waals surface area contributed by atoms with E-state index in [9.17, 15) is 5.11 Å². The molecule has 1 unspecified atom stereocenters. The SMILES string of the molecule is C[C@]12CCCCC1CC[C@@H]1[C@@H]2CC[C@@]2(C)[C@H]1CC[C@]2(O)CCN1CCN(c2ccccn2)CC1. The highest BCUT2D eigenvalue weighted by molar-refractivity contribution is 5.38. The standard InChI is InChI=1S/C30H47N3O/c1-28-13-5-3-7-23(28)9-10-24-25(28)11-14-29(2)26(24)12-15-30(29,34)16-18-32-19-21-33(22-20-32)27-8-4-6-17-31-27/h4,6,8,17,23-26,34H,3,5,7,9-16,18-22H2,1-2H3/t23?,24-,25+,26+,28+,29+,30+/m1/s1. The van der Waals surface area contributed by atoms with Crippen LogP contribution in [-0.4, -0.2) is 53.3 Å². The normalized spacial score (nSPS) is 44.9. The summed E-state index contributed by atoms with van der Waals surface area (Å²) in [5.74, 6) is 4.62. The lowest BCUT2D eigenvalue weighted by molar-refractivity contribution is -0.154. The molecule has 4 nitrogen and oxygen atoms in total. The zero-order valence-corrected chi connectivity index (χ0v) is 21.7. The number of piperazine rings is 1. The van der Waals surface area contributed by atoms with Crippen molar-refractivity contribution in [1.82, 2.24) is 9.88 Å².